The van der Waals surface area contributed by atoms with E-state index in [0.717, 1.165) is 16.8 Å². The van der Waals surface area contributed by atoms with E-state index in [4.69, 9.17) is 17.0 Å². The van der Waals surface area contributed by atoms with E-state index in [9.17, 15) is 14.4 Å². The van der Waals surface area contributed by atoms with Crippen LogP contribution in [0.15, 0.2) is 48.0 Å². The molecule has 29 heavy (non-hydrogen) atoms. The minimum Gasteiger partial charge on any atom is -0.484 e. The Morgan fingerprint density at radius 1 is 1.10 bits per heavy atom. The number of thiocarbonyl (C=S) groups is 1. The van der Waals surface area contributed by atoms with Gasteiger partial charge in [-0.2, -0.15) is 0 Å². The van der Waals surface area contributed by atoms with Crippen molar-refractivity contribution >= 4 is 46.8 Å². The van der Waals surface area contributed by atoms with Crippen LogP contribution >= 0.6 is 12.2 Å². The Morgan fingerprint density at radius 3 is 2.52 bits per heavy atom. The van der Waals surface area contributed by atoms with Gasteiger partial charge in [0.25, 0.3) is 17.7 Å². The normalized spacial score (nSPS) is 13.4. The summed E-state index contributed by atoms with van der Waals surface area (Å²) in [6.07, 6.45) is 1.43. The molecular weight excluding hydrogens is 390 g/mol. The summed E-state index contributed by atoms with van der Waals surface area (Å²) in [5, 5.41) is 7.55. The number of nitrogens with one attached hydrogen (secondary N) is 3. The first-order valence-corrected chi connectivity index (χ1v) is 9.21. The van der Waals surface area contributed by atoms with Crippen molar-refractivity contribution < 1.29 is 19.1 Å². The average molecular weight is 409 g/mol. The van der Waals surface area contributed by atoms with Crippen LogP contribution in [0.25, 0.3) is 6.08 Å². The highest BCUT2D eigenvalue weighted by Crippen LogP contribution is 2.19. The van der Waals surface area contributed by atoms with Crippen molar-refractivity contribution in [2.75, 3.05) is 11.9 Å². The lowest BCUT2D eigenvalue weighted by Crippen LogP contribution is -2.51. The number of carbonyl (C=O) groups excluding carboxylic acids is 3. The second-order valence-corrected chi connectivity index (χ2v) is 6.86. The summed E-state index contributed by atoms with van der Waals surface area (Å²) < 4.78 is 5.55. The molecule has 0 aliphatic carbocycles. The van der Waals surface area contributed by atoms with E-state index in [2.05, 4.69) is 16.0 Å². The van der Waals surface area contributed by atoms with Crippen LogP contribution in [0.3, 0.4) is 0 Å². The van der Waals surface area contributed by atoms with Crippen molar-refractivity contribution in [2.24, 2.45) is 0 Å². The Bertz CT molecular complexity index is 1020. The van der Waals surface area contributed by atoms with Crippen molar-refractivity contribution in [3.8, 4) is 5.75 Å². The van der Waals surface area contributed by atoms with Gasteiger partial charge in [0.1, 0.15) is 11.3 Å². The van der Waals surface area contributed by atoms with Gasteiger partial charge in [-0.05, 0) is 67.0 Å². The number of hydrogen-bond donors (Lipinski definition) is 3. The van der Waals surface area contributed by atoms with Gasteiger partial charge in [0.15, 0.2) is 11.7 Å². The highest BCUT2D eigenvalue weighted by Gasteiger charge is 2.25. The maximum absolute atomic E-state index is 12.2. The average Bonchev–Trinajstić information content (AvgIpc) is 2.67. The Hall–Kier alpha value is -3.52. The van der Waals surface area contributed by atoms with E-state index in [-0.39, 0.29) is 23.2 Å². The first-order chi connectivity index (χ1) is 13.8. The minimum absolute atomic E-state index is 0.0240. The molecule has 0 saturated carbocycles. The summed E-state index contributed by atoms with van der Waals surface area (Å²) in [6, 6.07) is 12.4. The standard InChI is InChI=1S/C21H19N3O4S/c1-12-5-3-8-17(13(12)2)22-18(25)11-28-15-7-4-6-14(9-15)10-16-19(26)23-21(29)24-20(16)27/h3-10H,11H2,1-2H3,(H,22,25)(H2,23,24,26,27,29). The maximum atomic E-state index is 12.2. The zero-order valence-electron chi connectivity index (χ0n) is 15.9. The van der Waals surface area contributed by atoms with E-state index < -0.39 is 11.8 Å². The third-order valence-corrected chi connectivity index (χ3v) is 4.57. The molecule has 1 aliphatic rings. The van der Waals surface area contributed by atoms with Crippen molar-refractivity contribution in [2.45, 2.75) is 13.8 Å². The maximum Gasteiger partial charge on any atom is 0.263 e. The summed E-state index contributed by atoms with van der Waals surface area (Å²) in [4.78, 5) is 36.1. The molecule has 1 aliphatic heterocycles. The van der Waals surface area contributed by atoms with Gasteiger partial charge in [-0.25, -0.2) is 0 Å². The second kappa shape index (κ2) is 8.66. The van der Waals surface area contributed by atoms with E-state index in [1.165, 1.54) is 6.08 Å². The molecule has 8 heteroatoms. The molecule has 148 valence electrons. The predicted molar refractivity (Wildman–Crippen MR) is 113 cm³/mol. The summed E-state index contributed by atoms with van der Waals surface area (Å²) in [7, 11) is 0. The van der Waals surface area contributed by atoms with Crippen LogP contribution in [0.5, 0.6) is 5.75 Å². The van der Waals surface area contributed by atoms with Crippen LogP contribution in [0.1, 0.15) is 16.7 Å². The molecule has 0 unspecified atom stereocenters. The van der Waals surface area contributed by atoms with E-state index in [0.29, 0.717) is 11.3 Å². The molecule has 3 amide bonds. The smallest absolute Gasteiger partial charge is 0.263 e. The molecule has 0 spiro atoms. The summed E-state index contributed by atoms with van der Waals surface area (Å²) >= 11 is 4.77. The van der Waals surface area contributed by atoms with Crippen LogP contribution in [-0.2, 0) is 14.4 Å². The van der Waals surface area contributed by atoms with Gasteiger partial charge in [-0.3, -0.25) is 25.0 Å². The third-order valence-electron chi connectivity index (χ3n) is 4.36. The fourth-order valence-corrected chi connectivity index (χ4v) is 2.87. The number of carbonyl (C=O) groups is 3. The first kappa shape index (κ1) is 20.2. The Morgan fingerprint density at radius 2 is 1.79 bits per heavy atom. The lowest BCUT2D eigenvalue weighted by atomic mass is 10.1. The SMILES string of the molecule is Cc1cccc(NC(=O)COc2cccc(C=C3C(=O)NC(=S)NC3=O)c2)c1C. The summed E-state index contributed by atoms with van der Waals surface area (Å²) in [5.74, 6) is -0.999. The van der Waals surface area contributed by atoms with Gasteiger partial charge in [0, 0.05) is 5.69 Å². The molecule has 2 aromatic rings. The van der Waals surface area contributed by atoms with Gasteiger partial charge >= 0.3 is 0 Å². The van der Waals surface area contributed by atoms with Gasteiger partial charge in [0.05, 0.1) is 0 Å². The van der Waals surface area contributed by atoms with E-state index >= 15 is 0 Å². The number of benzene rings is 2. The molecule has 1 fully saturated rings. The van der Waals surface area contributed by atoms with Crippen LogP contribution in [0.4, 0.5) is 5.69 Å². The summed E-state index contributed by atoms with van der Waals surface area (Å²) in [5.41, 5.74) is 3.33. The van der Waals surface area contributed by atoms with E-state index in [1.807, 2.05) is 32.0 Å². The molecule has 0 atom stereocenters. The molecule has 0 bridgehead atoms. The lowest BCUT2D eigenvalue weighted by molar-refractivity contribution is -0.123. The highest BCUT2D eigenvalue weighted by molar-refractivity contribution is 7.80. The molecule has 1 heterocycles. The van der Waals surface area contributed by atoms with Crippen LogP contribution in [0.2, 0.25) is 0 Å². The third kappa shape index (κ3) is 5.05. The largest absolute Gasteiger partial charge is 0.484 e. The number of rotatable bonds is 5. The zero-order chi connectivity index (χ0) is 21.0. The minimum atomic E-state index is -0.571. The van der Waals surface area contributed by atoms with Crippen molar-refractivity contribution in [3.05, 3.63) is 64.7 Å². The zero-order valence-corrected chi connectivity index (χ0v) is 16.7. The van der Waals surface area contributed by atoms with Crippen LogP contribution in [-0.4, -0.2) is 29.4 Å². The van der Waals surface area contributed by atoms with Gasteiger partial charge in [-0.15, -0.1) is 0 Å². The number of ether oxygens (including phenoxy) is 1. The topological polar surface area (TPSA) is 96.5 Å². The highest BCUT2D eigenvalue weighted by atomic mass is 32.1. The first-order valence-electron chi connectivity index (χ1n) is 8.81. The lowest BCUT2D eigenvalue weighted by Gasteiger charge is -2.16. The van der Waals surface area contributed by atoms with Gasteiger partial charge in [0.2, 0.25) is 0 Å². The second-order valence-electron chi connectivity index (χ2n) is 6.45. The Labute approximate surface area is 173 Å². The summed E-state index contributed by atoms with van der Waals surface area (Å²) in [6.45, 7) is 3.73. The molecule has 3 rings (SSSR count). The number of anilines is 1. The Kier molecular flexibility index (Phi) is 6.04. The van der Waals surface area contributed by atoms with Crippen molar-refractivity contribution in [3.63, 3.8) is 0 Å². The van der Waals surface area contributed by atoms with Gasteiger partial charge in [-0.1, -0.05) is 24.3 Å². The molecule has 2 aromatic carbocycles. The van der Waals surface area contributed by atoms with Crippen LogP contribution in [0, 0.1) is 13.8 Å². The number of hydrogen-bond acceptors (Lipinski definition) is 5. The van der Waals surface area contributed by atoms with Gasteiger partial charge < -0.3 is 10.1 Å². The molecular formula is C21H19N3O4S. The molecule has 0 aromatic heterocycles. The van der Waals surface area contributed by atoms with Crippen LogP contribution < -0.4 is 20.7 Å². The number of aryl methyl sites for hydroxylation is 1. The molecule has 1 saturated heterocycles. The molecule has 3 N–H and O–H groups in total. The molecule has 0 radical (unpaired) electrons. The number of amides is 3. The monoisotopic (exact) mass is 409 g/mol. The quantitative estimate of drug-likeness (QED) is 0.400. The fraction of sp³-hybridized carbons (Fsp3) is 0.143. The fourth-order valence-electron chi connectivity index (χ4n) is 2.69. The van der Waals surface area contributed by atoms with E-state index in [1.54, 1.807) is 24.3 Å². The molecule has 7 nitrogen and oxygen atoms in total. The predicted octanol–water partition coefficient (Wildman–Crippen LogP) is 2.24. The Balaban J connectivity index is 1.66. The van der Waals surface area contributed by atoms with Crippen molar-refractivity contribution in [1.29, 1.82) is 0 Å². The van der Waals surface area contributed by atoms with Crippen molar-refractivity contribution in [1.82, 2.24) is 10.6 Å².